The number of pyridine rings is 2. The highest BCUT2D eigenvalue weighted by molar-refractivity contribution is 5.79. The minimum Gasteiger partial charge on any atom is -0.315 e. The van der Waals surface area contributed by atoms with Crippen LogP contribution in [0.4, 0.5) is 0 Å². The van der Waals surface area contributed by atoms with Gasteiger partial charge in [0.1, 0.15) is 0 Å². The average molecular weight is 492 g/mol. The van der Waals surface area contributed by atoms with Gasteiger partial charge in [-0.05, 0) is 61.3 Å². The van der Waals surface area contributed by atoms with E-state index in [2.05, 4.69) is 44.3 Å². The maximum atomic E-state index is 4.65. The topological polar surface area (TPSA) is 53.4 Å². The summed E-state index contributed by atoms with van der Waals surface area (Å²) in [5.41, 5.74) is 2.33. The van der Waals surface area contributed by atoms with Crippen LogP contribution in [0, 0.1) is 0 Å². The van der Waals surface area contributed by atoms with E-state index in [9.17, 15) is 0 Å². The molecule has 36 heavy (non-hydrogen) atoms. The molecule has 0 saturated heterocycles. The summed E-state index contributed by atoms with van der Waals surface area (Å²) in [5, 5.41) is 3.61. The fourth-order valence-corrected chi connectivity index (χ4v) is 4.22. The van der Waals surface area contributed by atoms with Crippen LogP contribution in [0.5, 0.6) is 0 Å². The van der Waals surface area contributed by atoms with Crippen LogP contribution in [0.3, 0.4) is 0 Å². The summed E-state index contributed by atoms with van der Waals surface area (Å²) in [6, 6.07) is 8.06. The Labute approximate surface area is 220 Å². The molecular formula is C31H49N5. The number of aromatic nitrogens is 2. The lowest BCUT2D eigenvalue weighted by molar-refractivity contribution is 0.274. The normalized spacial score (nSPS) is 11.8. The van der Waals surface area contributed by atoms with Gasteiger partial charge < -0.3 is 10.2 Å². The lowest BCUT2D eigenvalue weighted by Gasteiger charge is -2.21. The van der Waals surface area contributed by atoms with Gasteiger partial charge in [-0.1, -0.05) is 76.9 Å². The highest BCUT2D eigenvalue weighted by Gasteiger charge is 2.04. The third-order valence-corrected chi connectivity index (χ3v) is 6.43. The van der Waals surface area contributed by atoms with Gasteiger partial charge in [-0.25, -0.2) is 0 Å². The largest absolute Gasteiger partial charge is 0.315 e. The minimum atomic E-state index is 0.842. The molecule has 198 valence electrons. The molecule has 0 aliphatic rings. The SMILES string of the molecule is CCCCCCCCCCCCN(CCN=Cc1ccncc1)CCNCC/C=C\c1ccncc1. The molecule has 2 heterocycles. The van der Waals surface area contributed by atoms with E-state index in [4.69, 9.17) is 0 Å². The van der Waals surface area contributed by atoms with Crippen LogP contribution in [0.1, 0.15) is 88.7 Å². The first-order valence-corrected chi connectivity index (χ1v) is 14.3. The molecule has 0 amide bonds. The quantitative estimate of drug-likeness (QED) is 0.145. The molecule has 0 unspecified atom stereocenters. The van der Waals surface area contributed by atoms with Crippen molar-refractivity contribution in [2.24, 2.45) is 4.99 Å². The molecule has 2 aromatic rings. The molecule has 0 aliphatic carbocycles. The molecule has 0 radical (unpaired) electrons. The number of nitrogens with zero attached hydrogens (tertiary/aromatic N) is 4. The zero-order valence-corrected chi connectivity index (χ0v) is 22.7. The van der Waals surface area contributed by atoms with Gasteiger partial charge in [0, 0.05) is 50.6 Å². The first kappa shape index (κ1) is 29.9. The summed E-state index contributed by atoms with van der Waals surface area (Å²) < 4.78 is 0. The van der Waals surface area contributed by atoms with Crippen LogP contribution >= 0.6 is 0 Å². The van der Waals surface area contributed by atoms with Crippen LogP contribution in [-0.4, -0.2) is 60.4 Å². The van der Waals surface area contributed by atoms with Crippen molar-refractivity contribution in [2.75, 3.05) is 39.3 Å². The van der Waals surface area contributed by atoms with Crippen LogP contribution in [0.2, 0.25) is 0 Å². The Morgan fingerprint density at radius 3 is 2.00 bits per heavy atom. The first-order valence-electron chi connectivity index (χ1n) is 14.3. The molecule has 0 saturated carbocycles. The summed E-state index contributed by atoms with van der Waals surface area (Å²) in [6.45, 7) is 8.43. The molecule has 5 heteroatoms. The van der Waals surface area contributed by atoms with Gasteiger partial charge in [-0.3, -0.25) is 15.0 Å². The van der Waals surface area contributed by atoms with Crippen LogP contribution in [0.15, 0.2) is 60.1 Å². The van der Waals surface area contributed by atoms with Crippen molar-refractivity contribution in [3.8, 4) is 0 Å². The zero-order chi connectivity index (χ0) is 25.4. The van der Waals surface area contributed by atoms with Crippen molar-refractivity contribution in [1.82, 2.24) is 20.2 Å². The van der Waals surface area contributed by atoms with Crippen molar-refractivity contribution in [3.05, 3.63) is 66.3 Å². The Kier molecular flexibility index (Phi) is 18.1. The van der Waals surface area contributed by atoms with E-state index < -0.39 is 0 Å². The summed E-state index contributed by atoms with van der Waals surface area (Å²) in [4.78, 5) is 15.4. The van der Waals surface area contributed by atoms with Crippen molar-refractivity contribution in [3.63, 3.8) is 0 Å². The van der Waals surface area contributed by atoms with Crippen molar-refractivity contribution < 1.29 is 0 Å². The van der Waals surface area contributed by atoms with E-state index in [0.717, 1.165) is 44.7 Å². The maximum absolute atomic E-state index is 4.65. The van der Waals surface area contributed by atoms with Gasteiger partial charge in [-0.2, -0.15) is 0 Å². The summed E-state index contributed by atoms with van der Waals surface area (Å²) in [5.74, 6) is 0. The Morgan fingerprint density at radius 1 is 0.722 bits per heavy atom. The second-order valence-corrected chi connectivity index (χ2v) is 9.56. The Balaban J connectivity index is 1.60. The standard InChI is InChI=1S/C31H49N5/c1-2-3-4-5-6-7-8-9-10-13-26-36(28-25-35-29-31-17-22-34-23-18-31)27-24-32-19-12-11-14-30-15-20-33-21-16-30/h11,14-18,20-23,29,32H,2-10,12-13,19,24-28H2,1H3/b14-11-,35-29?. The highest BCUT2D eigenvalue weighted by Crippen LogP contribution is 2.11. The van der Waals surface area contributed by atoms with Gasteiger partial charge >= 0.3 is 0 Å². The predicted octanol–water partition coefficient (Wildman–Crippen LogP) is 6.81. The van der Waals surface area contributed by atoms with E-state index in [0.29, 0.717) is 0 Å². The minimum absolute atomic E-state index is 0.842. The summed E-state index contributed by atoms with van der Waals surface area (Å²) in [7, 11) is 0. The first-order chi connectivity index (χ1) is 17.9. The van der Waals surface area contributed by atoms with Gasteiger partial charge in [0.2, 0.25) is 0 Å². The smallest absolute Gasteiger partial charge is 0.0517 e. The molecule has 0 aromatic carbocycles. The highest BCUT2D eigenvalue weighted by atomic mass is 15.1. The Bertz CT molecular complexity index is 791. The van der Waals surface area contributed by atoms with Crippen LogP contribution < -0.4 is 5.32 Å². The number of nitrogens with one attached hydrogen (secondary N) is 1. The van der Waals surface area contributed by atoms with E-state index >= 15 is 0 Å². The molecule has 2 aromatic heterocycles. The second-order valence-electron chi connectivity index (χ2n) is 9.56. The number of unbranched alkanes of at least 4 members (excludes halogenated alkanes) is 9. The maximum Gasteiger partial charge on any atom is 0.0517 e. The Hall–Kier alpha value is -2.37. The number of hydrogen-bond acceptors (Lipinski definition) is 5. The Morgan fingerprint density at radius 2 is 1.33 bits per heavy atom. The summed E-state index contributed by atoms with van der Waals surface area (Å²) in [6.07, 6.45) is 28.5. The lowest BCUT2D eigenvalue weighted by Crippen LogP contribution is -2.35. The monoisotopic (exact) mass is 491 g/mol. The third-order valence-electron chi connectivity index (χ3n) is 6.43. The van der Waals surface area contributed by atoms with Gasteiger partial charge in [0.05, 0.1) is 6.54 Å². The van der Waals surface area contributed by atoms with Crippen molar-refractivity contribution in [2.45, 2.75) is 77.6 Å². The van der Waals surface area contributed by atoms with E-state index in [1.807, 2.05) is 55.3 Å². The fourth-order valence-electron chi connectivity index (χ4n) is 4.22. The molecular weight excluding hydrogens is 442 g/mol. The van der Waals surface area contributed by atoms with Gasteiger partial charge in [-0.15, -0.1) is 0 Å². The molecule has 1 N–H and O–H groups in total. The molecule has 0 fully saturated rings. The molecule has 0 spiro atoms. The molecule has 2 rings (SSSR count). The van der Waals surface area contributed by atoms with Gasteiger partial charge in [0.15, 0.2) is 0 Å². The summed E-state index contributed by atoms with van der Waals surface area (Å²) >= 11 is 0. The fraction of sp³-hybridized carbons (Fsp3) is 0.581. The second kappa shape index (κ2) is 21.9. The van der Waals surface area contributed by atoms with Crippen molar-refractivity contribution >= 4 is 12.3 Å². The third kappa shape index (κ3) is 16.3. The predicted molar refractivity (Wildman–Crippen MR) is 156 cm³/mol. The average Bonchev–Trinajstić information content (AvgIpc) is 2.92. The number of hydrogen-bond donors (Lipinski definition) is 1. The van der Waals surface area contributed by atoms with Gasteiger partial charge in [0.25, 0.3) is 0 Å². The van der Waals surface area contributed by atoms with E-state index in [1.165, 1.54) is 76.3 Å². The molecule has 0 atom stereocenters. The van der Waals surface area contributed by atoms with Crippen LogP contribution in [-0.2, 0) is 0 Å². The molecule has 0 bridgehead atoms. The zero-order valence-electron chi connectivity index (χ0n) is 22.7. The molecule has 0 aliphatic heterocycles. The molecule has 5 nitrogen and oxygen atoms in total. The van der Waals surface area contributed by atoms with E-state index in [-0.39, 0.29) is 0 Å². The number of aliphatic imine (C=N–C) groups is 1. The van der Waals surface area contributed by atoms with Crippen molar-refractivity contribution in [1.29, 1.82) is 0 Å². The number of rotatable bonds is 22. The lowest BCUT2D eigenvalue weighted by atomic mass is 10.1. The van der Waals surface area contributed by atoms with Crippen LogP contribution in [0.25, 0.3) is 6.08 Å². The van der Waals surface area contributed by atoms with E-state index in [1.54, 1.807) is 0 Å².